The van der Waals surface area contributed by atoms with Gasteiger partial charge in [0, 0.05) is 17.8 Å². The second-order valence-corrected chi connectivity index (χ2v) is 5.16. The highest BCUT2D eigenvalue weighted by atomic mass is 79.9. The first-order valence-electron chi connectivity index (χ1n) is 4.18. The summed E-state index contributed by atoms with van der Waals surface area (Å²) in [4.78, 5) is 7.21. The standard InChI is InChI=1S/C9H9BrN2O2S/c1-14-8-6(10)3-5-7(12-8)4-11-9(5)15(2)13/h3-4,11H,1-2H3. The van der Waals surface area contributed by atoms with Crippen molar-refractivity contribution in [3.63, 3.8) is 0 Å². The Kier molecular flexibility index (Phi) is 2.79. The minimum absolute atomic E-state index is 0.523. The molecule has 0 saturated carbocycles. The normalized spacial score (nSPS) is 13.0. The van der Waals surface area contributed by atoms with E-state index in [4.69, 9.17) is 4.74 Å². The number of H-pyrrole nitrogens is 1. The molecule has 1 unspecified atom stereocenters. The lowest BCUT2D eigenvalue weighted by Crippen LogP contribution is -1.90. The second kappa shape index (κ2) is 3.94. The summed E-state index contributed by atoms with van der Waals surface area (Å²) >= 11 is 3.35. The number of methoxy groups -OCH3 is 1. The van der Waals surface area contributed by atoms with Crippen LogP contribution < -0.4 is 4.74 Å². The van der Waals surface area contributed by atoms with Crippen molar-refractivity contribution in [2.45, 2.75) is 5.03 Å². The van der Waals surface area contributed by atoms with E-state index in [0.29, 0.717) is 10.9 Å². The van der Waals surface area contributed by atoms with Gasteiger partial charge in [-0.1, -0.05) is 0 Å². The molecule has 0 aliphatic rings. The van der Waals surface area contributed by atoms with Crippen molar-refractivity contribution >= 4 is 37.6 Å². The van der Waals surface area contributed by atoms with Gasteiger partial charge in [-0.25, -0.2) is 4.98 Å². The van der Waals surface area contributed by atoms with E-state index in [1.165, 1.54) is 0 Å². The van der Waals surface area contributed by atoms with E-state index < -0.39 is 10.8 Å². The molecule has 0 radical (unpaired) electrons. The predicted octanol–water partition coefficient (Wildman–Crippen LogP) is 2.07. The Hall–Kier alpha value is -0.880. The van der Waals surface area contributed by atoms with E-state index in [2.05, 4.69) is 25.9 Å². The number of aromatic amines is 1. The number of hydrogen-bond acceptors (Lipinski definition) is 3. The quantitative estimate of drug-likeness (QED) is 0.920. The summed E-state index contributed by atoms with van der Waals surface area (Å²) in [6.45, 7) is 0. The Bertz CT molecular complexity index is 538. The van der Waals surface area contributed by atoms with E-state index in [1.807, 2.05) is 6.07 Å². The van der Waals surface area contributed by atoms with Gasteiger partial charge in [-0.05, 0) is 22.0 Å². The number of nitrogens with one attached hydrogen (secondary N) is 1. The van der Waals surface area contributed by atoms with Crippen LogP contribution in [0.25, 0.3) is 10.9 Å². The highest BCUT2D eigenvalue weighted by Crippen LogP contribution is 2.29. The molecular weight excluding hydrogens is 280 g/mol. The molecule has 1 N–H and O–H groups in total. The largest absolute Gasteiger partial charge is 0.480 e. The Morgan fingerprint density at radius 3 is 2.93 bits per heavy atom. The molecule has 0 amide bonds. The van der Waals surface area contributed by atoms with Crippen molar-refractivity contribution in [3.05, 3.63) is 16.7 Å². The molecule has 2 heterocycles. The van der Waals surface area contributed by atoms with Gasteiger partial charge < -0.3 is 9.72 Å². The number of halogens is 1. The van der Waals surface area contributed by atoms with Crippen molar-refractivity contribution in [1.82, 2.24) is 9.97 Å². The number of pyridine rings is 1. The Morgan fingerprint density at radius 2 is 2.33 bits per heavy atom. The van der Waals surface area contributed by atoms with Crippen LogP contribution >= 0.6 is 15.9 Å². The summed E-state index contributed by atoms with van der Waals surface area (Å²) in [5.41, 5.74) is 0.750. The van der Waals surface area contributed by atoms with Crippen molar-refractivity contribution in [2.24, 2.45) is 0 Å². The molecule has 0 saturated heterocycles. The van der Waals surface area contributed by atoms with Gasteiger partial charge in [0.15, 0.2) is 0 Å². The third-order valence-corrected chi connectivity index (χ3v) is 3.52. The van der Waals surface area contributed by atoms with Crippen LogP contribution in [0.5, 0.6) is 5.88 Å². The second-order valence-electron chi connectivity index (χ2n) is 2.98. The van der Waals surface area contributed by atoms with Crippen molar-refractivity contribution in [2.75, 3.05) is 13.4 Å². The van der Waals surface area contributed by atoms with E-state index in [0.717, 1.165) is 15.4 Å². The zero-order valence-electron chi connectivity index (χ0n) is 8.20. The number of aromatic nitrogens is 2. The van der Waals surface area contributed by atoms with Gasteiger partial charge in [-0.2, -0.15) is 0 Å². The van der Waals surface area contributed by atoms with E-state index >= 15 is 0 Å². The molecule has 0 aromatic carbocycles. The maximum absolute atomic E-state index is 11.4. The predicted molar refractivity (Wildman–Crippen MR) is 62.7 cm³/mol. The van der Waals surface area contributed by atoms with Crippen LogP contribution in [0.3, 0.4) is 0 Å². The molecule has 2 aromatic heterocycles. The van der Waals surface area contributed by atoms with Gasteiger partial charge in [-0.15, -0.1) is 0 Å². The SMILES string of the molecule is COc1nc2c[nH]c(S(C)=O)c2cc1Br. The van der Waals surface area contributed by atoms with Gasteiger partial charge in [0.2, 0.25) is 5.88 Å². The fourth-order valence-electron chi connectivity index (χ4n) is 1.37. The van der Waals surface area contributed by atoms with E-state index in [-0.39, 0.29) is 0 Å². The van der Waals surface area contributed by atoms with Crippen LogP contribution in [0.1, 0.15) is 0 Å². The summed E-state index contributed by atoms with van der Waals surface area (Å²) < 4.78 is 17.2. The molecule has 0 fully saturated rings. The zero-order valence-corrected chi connectivity index (χ0v) is 10.6. The molecular formula is C9H9BrN2O2S. The fraction of sp³-hybridized carbons (Fsp3) is 0.222. The minimum atomic E-state index is -1.05. The zero-order chi connectivity index (χ0) is 11.0. The van der Waals surface area contributed by atoms with Crippen molar-refractivity contribution in [3.8, 4) is 5.88 Å². The van der Waals surface area contributed by atoms with Crippen LogP contribution in [-0.4, -0.2) is 27.5 Å². The van der Waals surface area contributed by atoms with Gasteiger partial charge in [0.1, 0.15) is 5.03 Å². The molecule has 80 valence electrons. The first kappa shape index (κ1) is 10.6. The van der Waals surface area contributed by atoms with Crippen LogP contribution in [0.2, 0.25) is 0 Å². The summed E-state index contributed by atoms with van der Waals surface area (Å²) in [5.74, 6) is 0.523. The first-order chi connectivity index (χ1) is 7.13. The highest BCUT2D eigenvalue weighted by molar-refractivity contribution is 9.10. The first-order valence-corrected chi connectivity index (χ1v) is 6.53. The molecule has 15 heavy (non-hydrogen) atoms. The third kappa shape index (κ3) is 1.79. The third-order valence-electron chi connectivity index (χ3n) is 2.04. The maximum atomic E-state index is 11.4. The Balaban J connectivity index is 2.73. The molecule has 0 spiro atoms. The average Bonchev–Trinajstić information content (AvgIpc) is 2.59. The summed E-state index contributed by atoms with van der Waals surface area (Å²) in [6.07, 6.45) is 3.35. The fourth-order valence-corrected chi connectivity index (χ4v) is 2.55. The number of hydrogen-bond donors (Lipinski definition) is 1. The average molecular weight is 289 g/mol. The van der Waals surface area contributed by atoms with Crippen LogP contribution in [0, 0.1) is 0 Å². The smallest absolute Gasteiger partial charge is 0.228 e. The molecule has 0 aliphatic carbocycles. The Labute approximate surface area is 97.6 Å². The van der Waals surface area contributed by atoms with Crippen LogP contribution in [0.15, 0.2) is 21.8 Å². The molecule has 6 heteroatoms. The summed E-state index contributed by atoms with van der Waals surface area (Å²) in [5, 5.41) is 1.53. The topological polar surface area (TPSA) is 55.0 Å². The lowest BCUT2D eigenvalue weighted by molar-refractivity contribution is 0.397. The minimum Gasteiger partial charge on any atom is -0.480 e. The highest BCUT2D eigenvalue weighted by Gasteiger charge is 2.11. The number of nitrogens with zero attached hydrogens (tertiary/aromatic N) is 1. The maximum Gasteiger partial charge on any atom is 0.228 e. The molecule has 2 aromatic rings. The van der Waals surface area contributed by atoms with E-state index in [1.54, 1.807) is 19.6 Å². The van der Waals surface area contributed by atoms with Gasteiger partial charge >= 0.3 is 0 Å². The van der Waals surface area contributed by atoms with Crippen molar-refractivity contribution in [1.29, 1.82) is 0 Å². The molecule has 0 bridgehead atoms. The number of ether oxygens (including phenoxy) is 1. The van der Waals surface area contributed by atoms with Crippen LogP contribution in [0.4, 0.5) is 0 Å². The molecule has 1 atom stereocenters. The molecule has 0 aliphatic heterocycles. The van der Waals surface area contributed by atoms with Gasteiger partial charge in [-0.3, -0.25) is 4.21 Å². The summed E-state index contributed by atoms with van der Waals surface area (Å²) in [6, 6.07) is 1.86. The van der Waals surface area contributed by atoms with Gasteiger partial charge in [0.05, 0.1) is 27.9 Å². The van der Waals surface area contributed by atoms with Gasteiger partial charge in [0.25, 0.3) is 0 Å². The monoisotopic (exact) mass is 288 g/mol. The van der Waals surface area contributed by atoms with Crippen molar-refractivity contribution < 1.29 is 8.95 Å². The lowest BCUT2D eigenvalue weighted by atomic mass is 10.3. The molecule has 2 rings (SSSR count). The number of rotatable bonds is 2. The van der Waals surface area contributed by atoms with Crippen LogP contribution in [-0.2, 0) is 10.8 Å². The summed E-state index contributed by atoms with van der Waals surface area (Å²) in [7, 11) is 0.514. The Morgan fingerprint density at radius 1 is 1.60 bits per heavy atom. The molecule has 4 nitrogen and oxygen atoms in total. The lowest BCUT2D eigenvalue weighted by Gasteiger charge is -2.01. The van der Waals surface area contributed by atoms with E-state index in [9.17, 15) is 4.21 Å². The number of fused-ring (bicyclic) bond motifs is 1.